The van der Waals surface area contributed by atoms with Gasteiger partial charge in [0, 0.05) is 18.3 Å². The topological polar surface area (TPSA) is 106 Å². The molecule has 0 heterocycles. The van der Waals surface area contributed by atoms with E-state index in [1.807, 2.05) is 0 Å². The van der Waals surface area contributed by atoms with Gasteiger partial charge in [-0.15, -0.1) is 0 Å². The minimum Gasteiger partial charge on any atom is -0.810 e. The van der Waals surface area contributed by atoms with Gasteiger partial charge < -0.3 is 14.4 Å². The average Bonchev–Trinajstić information content (AvgIpc) is 2.02. The van der Waals surface area contributed by atoms with Gasteiger partial charge in [0.15, 0.2) is 0 Å². The summed E-state index contributed by atoms with van der Waals surface area (Å²) in [5.74, 6) is 0. The van der Waals surface area contributed by atoms with Crippen LogP contribution in [0.5, 0.6) is 0 Å². The van der Waals surface area contributed by atoms with Gasteiger partial charge in [-0.1, -0.05) is 19.7 Å². The molecule has 0 saturated carbocycles. The minimum absolute atomic E-state index is 0.139. The third kappa shape index (κ3) is 3.26. The number of nitrogens with zero attached hydrogens (tertiary/aromatic N) is 1. The van der Waals surface area contributed by atoms with Crippen LogP contribution in [0.4, 0.5) is 5.69 Å². The lowest BCUT2D eigenvalue weighted by atomic mass is 10.2. The summed E-state index contributed by atoms with van der Waals surface area (Å²) in [7, 11) is -4.60. The number of benzene rings is 1. The van der Waals surface area contributed by atoms with Crippen LogP contribution in [0.1, 0.15) is 5.56 Å². The summed E-state index contributed by atoms with van der Waals surface area (Å²) in [5.41, 5.74) is 0.115. The van der Waals surface area contributed by atoms with Crippen molar-refractivity contribution in [2.45, 2.75) is 6.16 Å². The Morgan fingerprint density at radius 2 is 1.71 bits per heavy atom. The fraction of sp³-hybridized carbons (Fsp3) is 0.143. The SMILES string of the molecule is O=[N+]([O-])c1ccc(CP(=O)([O-])[O-])cc1. The highest BCUT2D eigenvalue weighted by Crippen LogP contribution is 2.29. The molecule has 0 aliphatic carbocycles. The van der Waals surface area contributed by atoms with E-state index in [-0.39, 0.29) is 11.3 Å². The highest BCUT2D eigenvalue weighted by molar-refractivity contribution is 7.47. The van der Waals surface area contributed by atoms with Crippen LogP contribution in [-0.4, -0.2) is 4.92 Å². The highest BCUT2D eigenvalue weighted by atomic mass is 31.2. The van der Waals surface area contributed by atoms with Crippen LogP contribution in [0.3, 0.4) is 0 Å². The van der Waals surface area contributed by atoms with Crippen molar-refractivity contribution in [3.8, 4) is 0 Å². The lowest BCUT2D eigenvalue weighted by Gasteiger charge is -2.29. The normalized spacial score (nSPS) is 11.3. The monoisotopic (exact) mass is 215 g/mol. The van der Waals surface area contributed by atoms with E-state index >= 15 is 0 Å². The lowest BCUT2D eigenvalue weighted by molar-refractivity contribution is -0.384. The summed E-state index contributed by atoms with van der Waals surface area (Å²) in [6.45, 7) is 0. The van der Waals surface area contributed by atoms with Crippen LogP contribution >= 0.6 is 7.60 Å². The maximum atomic E-state index is 10.4. The van der Waals surface area contributed by atoms with Gasteiger partial charge in [0.25, 0.3) is 5.69 Å². The molecule has 1 rings (SSSR count). The molecule has 14 heavy (non-hydrogen) atoms. The summed E-state index contributed by atoms with van der Waals surface area (Å²) < 4.78 is 10.4. The second kappa shape index (κ2) is 3.88. The van der Waals surface area contributed by atoms with Gasteiger partial charge in [-0.3, -0.25) is 10.1 Å². The first-order valence-electron chi connectivity index (χ1n) is 3.63. The number of rotatable bonds is 3. The molecule has 1 aromatic carbocycles. The number of hydrogen-bond donors (Lipinski definition) is 0. The molecule has 0 aromatic heterocycles. The first-order valence-corrected chi connectivity index (χ1v) is 5.36. The van der Waals surface area contributed by atoms with E-state index in [1.165, 1.54) is 12.1 Å². The third-order valence-electron chi connectivity index (χ3n) is 1.52. The molecule has 0 unspecified atom stereocenters. The summed E-state index contributed by atoms with van der Waals surface area (Å²) in [4.78, 5) is 30.3. The molecule has 0 aliphatic rings. The fourth-order valence-electron chi connectivity index (χ4n) is 0.947. The van der Waals surface area contributed by atoms with E-state index in [0.717, 1.165) is 12.1 Å². The van der Waals surface area contributed by atoms with E-state index in [9.17, 15) is 24.5 Å². The average molecular weight is 215 g/mol. The Labute approximate surface area is 79.5 Å². The summed E-state index contributed by atoms with van der Waals surface area (Å²) in [6, 6.07) is 4.82. The fourth-order valence-corrected chi connectivity index (χ4v) is 1.60. The van der Waals surface area contributed by atoms with Crippen molar-refractivity contribution in [3.63, 3.8) is 0 Å². The second-order valence-corrected chi connectivity index (χ2v) is 4.23. The first-order chi connectivity index (χ1) is 6.38. The van der Waals surface area contributed by atoms with Crippen molar-refractivity contribution in [2.24, 2.45) is 0 Å². The molecule has 0 fully saturated rings. The van der Waals surface area contributed by atoms with Crippen LogP contribution in [-0.2, 0) is 10.7 Å². The molecule has 0 bridgehead atoms. The van der Waals surface area contributed by atoms with E-state index in [1.54, 1.807) is 0 Å². The summed E-state index contributed by atoms with van der Waals surface area (Å²) in [6.07, 6.45) is -0.620. The van der Waals surface area contributed by atoms with Crippen molar-refractivity contribution < 1.29 is 19.3 Å². The maximum absolute atomic E-state index is 10.4. The smallest absolute Gasteiger partial charge is 0.269 e. The van der Waals surface area contributed by atoms with Gasteiger partial charge in [0.05, 0.1) is 4.92 Å². The largest absolute Gasteiger partial charge is 0.810 e. The van der Waals surface area contributed by atoms with Crippen molar-refractivity contribution >= 4 is 13.3 Å². The zero-order valence-electron chi connectivity index (χ0n) is 6.95. The zero-order valence-corrected chi connectivity index (χ0v) is 7.85. The molecule has 6 nitrogen and oxygen atoms in total. The Morgan fingerprint density at radius 3 is 2.07 bits per heavy atom. The number of nitro benzene ring substituents is 1. The quantitative estimate of drug-likeness (QED) is 0.401. The molecule has 0 N–H and O–H groups in total. The highest BCUT2D eigenvalue weighted by Gasteiger charge is 2.04. The van der Waals surface area contributed by atoms with Gasteiger partial charge in [-0.2, -0.15) is 0 Å². The van der Waals surface area contributed by atoms with Crippen molar-refractivity contribution in [3.05, 3.63) is 39.9 Å². The van der Waals surface area contributed by atoms with Gasteiger partial charge >= 0.3 is 0 Å². The maximum Gasteiger partial charge on any atom is 0.269 e. The van der Waals surface area contributed by atoms with Crippen molar-refractivity contribution in [1.29, 1.82) is 0 Å². The Hall–Kier alpha value is -1.23. The zero-order chi connectivity index (χ0) is 10.8. The molecular formula is C7H6NO5P-2. The van der Waals surface area contributed by atoms with Gasteiger partial charge in [-0.25, -0.2) is 0 Å². The van der Waals surface area contributed by atoms with E-state index in [4.69, 9.17) is 0 Å². The van der Waals surface area contributed by atoms with Crippen LogP contribution < -0.4 is 9.79 Å². The Balaban J connectivity index is 2.84. The minimum atomic E-state index is -4.60. The molecule has 76 valence electrons. The molecule has 1 aromatic rings. The van der Waals surface area contributed by atoms with Crippen molar-refractivity contribution in [1.82, 2.24) is 0 Å². The first kappa shape index (κ1) is 10.8. The molecule has 0 radical (unpaired) electrons. The molecule has 7 heteroatoms. The third-order valence-corrected chi connectivity index (χ3v) is 2.28. The van der Waals surface area contributed by atoms with E-state index < -0.39 is 18.7 Å². The van der Waals surface area contributed by atoms with Gasteiger partial charge in [-0.05, 0) is 5.56 Å². The summed E-state index contributed by atoms with van der Waals surface area (Å²) >= 11 is 0. The van der Waals surface area contributed by atoms with Gasteiger partial charge in [0.2, 0.25) is 0 Å². The number of hydrogen-bond acceptors (Lipinski definition) is 5. The Morgan fingerprint density at radius 1 is 1.21 bits per heavy atom. The van der Waals surface area contributed by atoms with Crippen molar-refractivity contribution in [2.75, 3.05) is 0 Å². The predicted molar refractivity (Wildman–Crippen MR) is 44.4 cm³/mol. The molecular weight excluding hydrogens is 209 g/mol. The molecule has 0 spiro atoms. The lowest BCUT2D eigenvalue weighted by Crippen LogP contribution is -2.15. The molecule has 0 atom stereocenters. The van der Waals surface area contributed by atoms with Crippen LogP contribution in [0.25, 0.3) is 0 Å². The van der Waals surface area contributed by atoms with Crippen LogP contribution in [0.15, 0.2) is 24.3 Å². The van der Waals surface area contributed by atoms with E-state index in [0.29, 0.717) is 0 Å². The van der Waals surface area contributed by atoms with E-state index in [2.05, 4.69) is 0 Å². The molecule has 0 amide bonds. The molecule has 0 aliphatic heterocycles. The standard InChI is InChI=1S/C7H8NO5P/c9-8(10)7-3-1-6(2-4-7)5-14(11,12)13/h1-4H,5H2,(H2,11,12,13)/p-2. The van der Waals surface area contributed by atoms with Gasteiger partial charge in [0.1, 0.15) is 0 Å². The van der Waals surface area contributed by atoms with Crippen LogP contribution in [0, 0.1) is 10.1 Å². The predicted octanol–water partition coefficient (Wildman–Crippen LogP) is 0.00850. The molecule has 0 saturated heterocycles. The Kier molecular flexibility index (Phi) is 3.00. The van der Waals surface area contributed by atoms with Crippen LogP contribution in [0.2, 0.25) is 0 Å². The second-order valence-electron chi connectivity index (χ2n) is 2.69. The Bertz CT molecular complexity index is 382. The number of nitro groups is 1. The number of non-ortho nitro benzene ring substituents is 1. The summed E-state index contributed by atoms with van der Waals surface area (Å²) in [5, 5.41) is 10.2.